The average molecular weight is 565 g/mol. The van der Waals surface area contributed by atoms with E-state index >= 15 is 0 Å². The van der Waals surface area contributed by atoms with Gasteiger partial charge in [0.2, 0.25) is 0 Å². The molecular weight excluding hydrogens is 536 g/mol. The van der Waals surface area contributed by atoms with Crippen molar-refractivity contribution in [3.05, 3.63) is 170 Å². The highest BCUT2D eigenvalue weighted by atomic mass is 16.3. The highest BCUT2D eigenvalue weighted by Crippen LogP contribution is 2.44. The van der Waals surface area contributed by atoms with Crippen LogP contribution in [0.2, 0.25) is 0 Å². The molecule has 0 spiro atoms. The van der Waals surface area contributed by atoms with Gasteiger partial charge in [0.05, 0.1) is 5.69 Å². The molecule has 44 heavy (non-hydrogen) atoms. The Morgan fingerprint density at radius 1 is 0.432 bits per heavy atom. The van der Waals surface area contributed by atoms with Crippen molar-refractivity contribution in [2.45, 2.75) is 0 Å². The number of nitrogens with zero attached hydrogens (tertiary/aromatic N) is 2. The molecule has 0 radical (unpaired) electrons. The quantitative estimate of drug-likeness (QED) is 0.201. The minimum Gasteiger partial charge on any atom is -0.452 e. The fraction of sp³-hybridized carbons (Fsp3) is 0. The van der Waals surface area contributed by atoms with Crippen LogP contribution < -0.4 is 4.90 Å². The van der Waals surface area contributed by atoms with E-state index in [0.29, 0.717) is 0 Å². The van der Waals surface area contributed by atoms with Crippen LogP contribution in [0.3, 0.4) is 0 Å². The summed E-state index contributed by atoms with van der Waals surface area (Å²) < 4.78 is 6.49. The number of aromatic nitrogens is 1. The zero-order chi connectivity index (χ0) is 29.3. The Bertz CT molecular complexity index is 2200. The van der Waals surface area contributed by atoms with E-state index in [9.17, 15) is 0 Å². The lowest BCUT2D eigenvalue weighted by Crippen LogP contribution is -2.13. The molecule has 2 aromatic heterocycles. The monoisotopic (exact) mass is 564 g/mol. The summed E-state index contributed by atoms with van der Waals surface area (Å²) in [4.78, 5) is 7.16. The molecule has 0 aliphatic carbocycles. The molecule has 2 heterocycles. The summed E-state index contributed by atoms with van der Waals surface area (Å²) in [5.41, 5.74) is 10.6. The smallest absolute Gasteiger partial charge is 0.181 e. The summed E-state index contributed by atoms with van der Waals surface area (Å²) >= 11 is 0. The molecule has 8 rings (SSSR count). The first-order chi connectivity index (χ1) is 21.8. The van der Waals surface area contributed by atoms with Crippen LogP contribution in [0, 0.1) is 0 Å². The van der Waals surface area contributed by atoms with Crippen molar-refractivity contribution in [3.63, 3.8) is 0 Å². The van der Waals surface area contributed by atoms with Gasteiger partial charge in [0.1, 0.15) is 5.58 Å². The van der Waals surface area contributed by atoms with Crippen molar-refractivity contribution in [3.8, 4) is 33.4 Å². The summed E-state index contributed by atoms with van der Waals surface area (Å²) in [5.74, 6) is 0.752. The molecule has 0 amide bonds. The molecule has 0 aliphatic rings. The molecular formula is C41H28N2O. The molecule has 0 N–H and O–H groups in total. The van der Waals surface area contributed by atoms with E-state index in [1.807, 2.05) is 42.6 Å². The van der Waals surface area contributed by atoms with Crippen molar-refractivity contribution in [1.82, 2.24) is 4.98 Å². The SMILES string of the molecule is c1ccc(-c2ccc(-c3ccc(N(c4ccccc4-c4ccccc4)c4nccc5c4oc4ccccc45)cc3)cc2)cc1. The van der Waals surface area contributed by atoms with Gasteiger partial charge in [0.25, 0.3) is 0 Å². The maximum atomic E-state index is 6.49. The number of hydrogen-bond donors (Lipinski definition) is 0. The van der Waals surface area contributed by atoms with Gasteiger partial charge in [-0.15, -0.1) is 0 Å². The van der Waals surface area contributed by atoms with E-state index in [0.717, 1.165) is 55.8 Å². The van der Waals surface area contributed by atoms with Gasteiger partial charge in [-0.05, 0) is 58.1 Å². The second-order valence-corrected chi connectivity index (χ2v) is 10.8. The number of pyridine rings is 1. The van der Waals surface area contributed by atoms with Gasteiger partial charge in [-0.3, -0.25) is 4.90 Å². The number of para-hydroxylation sites is 2. The molecule has 3 heteroatoms. The first-order valence-electron chi connectivity index (χ1n) is 14.8. The van der Waals surface area contributed by atoms with E-state index < -0.39 is 0 Å². The minimum atomic E-state index is 0.752. The number of furan rings is 1. The van der Waals surface area contributed by atoms with E-state index in [-0.39, 0.29) is 0 Å². The van der Waals surface area contributed by atoms with Gasteiger partial charge < -0.3 is 4.42 Å². The molecule has 0 unspecified atom stereocenters. The molecule has 208 valence electrons. The lowest BCUT2D eigenvalue weighted by atomic mass is 9.99. The molecule has 0 saturated carbocycles. The molecule has 0 aliphatic heterocycles. The maximum Gasteiger partial charge on any atom is 0.181 e. The molecule has 8 aromatic rings. The fourth-order valence-corrected chi connectivity index (χ4v) is 5.99. The molecule has 0 saturated heterocycles. The number of hydrogen-bond acceptors (Lipinski definition) is 3. The summed E-state index contributed by atoms with van der Waals surface area (Å²) in [5, 5.41) is 2.12. The fourth-order valence-electron chi connectivity index (χ4n) is 5.99. The first-order valence-corrected chi connectivity index (χ1v) is 14.8. The largest absolute Gasteiger partial charge is 0.452 e. The second-order valence-electron chi connectivity index (χ2n) is 10.8. The first kappa shape index (κ1) is 25.8. The van der Waals surface area contributed by atoms with Gasteiger partial charge in [-0.1, -0.05) is 133 Å². The van der Waals surface area contributed by atoms with E-state index in [2.05, 4.69) is 132 Å². The van der Waals surface area contributed by atoms with Gasteiger partial charge in [0.15, 0.2) is 11.4 Å². The minimum absolute atomic E-state index is 0.752. The van der Waals surface area contributed by atoms with Crippen LogP contribution in [0.25, 0.3) is 55.3 Å². The highest BCUT2D eigenvalue weighted by Gasteiger charge is 2.23. The normalized spacial score (nSPS) is 11.2. The third kappa shape index (κ3) is 4.61. The van der Waals surface area contributed by atoms with Gasteiger partial charge in [-0.2, -0.15) is 0 Å². The van der Waals surface area contributed by atoms with Crippen LogP contribution in [-0.2, 0) is 0 Å². The van der Waals surface area contributed by atoms with E-state index in [4.69, 9.17) is 9.40 Å². The van der Waals surface area contributed by atoms with Gasteiger partial charge in [0, 0.05) is 28.2 Å². The molecule has 0 atom stereocenters. The standard InChI is InChI=1S/C41H28N2O/c1-3-11-29(12-4-1)30-19-21-31(22-20-30)32-23-25-34(26-24-32)43(38-17-9-7-15-35(38)33-13-5-2-6-14-33)41-40-37(27-28-42-41)36-16-8-10-18-39(36)44-40/h1-28H. The Labute approximate surface area is 256 Å². The van der Waals surface area contributed by atoms with Crippen molar-refractivity contribution >= 4 is 39.1 Å². The lowest BCUT2D eigenvalue weighted by molar-refractivity contribution is 0.667. The Morgan fingerprint density at radius 3 is 1.68 bits per heavy atom. The summed E-state index contributed by atoms with van der Waals surface area (Å²) in [6.45, 7) is 0. The Morgan fingerprint density at radius 2 is 0.977 bits per heavy atom. The number of benzene rings is 6. The summed E-state index contributed by atoms with van der Waals surface area (Å²) in [6, 6.07) is 57.1. The van der Waals surface area contributed by atoms with Crippen molar-refractivity contribution < 1.29 is 4.42 Å². The Hall–Kier alpha value is -5.93. The second kappa shape index (κ2) is 11.0. The van der Waals surface area contributed by atoms with Crippen LogP contribution in [0.5, 0.6) is 0 Å². The number of fused-ring (bicyclic) bond motifs is 3. The number of anilines is 3. The van der Waals surface area contributed by atoms with Crippen LogP contribution >= 0.6 is 0 Å². The van der Waals surface area contributed by atoms with E-state index in [1.165, 1.54) is 16.7 Å². The third-order valence-electron chi connectivity index (χ3n) is 8.17. The van der Waals surface area contributed by atoms with Crippen LogP contribution in [0.4, 0.5) is 17.2 Å². The summed E-state index contributed by atoms with van der Waals surface area (Å²) in [7, 11) is 0. The highest BCUT2D eigenvalue weighted by molar-refractivity contribution is 6.09. The Kier molecular flexibility index (Phi) is 6.47. The van der Waals surface area contributed by atoms with E-state index in [1.54, 1.807) is 0 Å². The predicted molar refractivity (Wildman–Crippen MR) is 183 cm³/mol. The zero-order valence-electron chi connectivity index (χ0n) is 24.0. The average Bonchev–Trinajstić information content (AvgIpc) is 3.49. The van der Waals surface area contributed by atoms with Crippen LogP contribution in [0.15, 0.2) is 174 Å². The van der Waals surface area contributed by atoms with Gasteiger partial charge >= 0.3 is 0 Å². The van der Waals surface area contributed by atoms with Gasteiger partial charge in [-0.25, -0.2) is 4.98 Å². The third-order valence-corrected chi connectivity index (χ3v) is 8.17. The van der Waals surface area contributed by atoms with Crippen molar-refractivity contribution in [2.24, 2.45) is 0 Å². The maximum absolute atomic E-state index is 6.49. The predicted octanol–water partition coefficient (Wildman–Crippen LogP) is 11.5. The summed E-state index contributed by atoms with van der Waals surface area (Å²) in [6.07, 6.45) is 1.88. The van der Waals surface area contributed by atoms with Crippen molar-refractivity contribution in [1.29, 1.82) is 0 Å². The molecule has 6 aromatic carbocycles. The molecule has 0 fully saturated rings. The lowest BCUT2D eigenvalue weighted by Gasteiger charge is -2.27. The zero-order valence-corrected chi connectivity index (χ0v) is 24.0. The Balaban J connectivity index is 1.27. The number of rotatable bonds is 6. The molecule has 0 bridgehead atoms. The van der Waals surface area contributed by atoms with Crippen LogP contribution in [-0.4, -0.2) is 4.98 Å². The van der Waals surface area contributed by atoms with Crippen LogP contribution in [0.1, 0.15) is 0 Å². The van der Waals surface area contributed by atoms with Crippen molar-refractivity contribution in [2.75, 3.05) is 4.90 Å². The topological polar surface area (TPSA) is 29.3 Å². The molecule has 3 nitrogen and oxygen atoms in total.